The van der Waals surface area contributed by atoms with Gasteiger partial charge >= 0.3 is 0 Å². The van der Waals surface area contributed by atoms with Crippen LogP contribution >= 0.6 is 15.9 Å². The van der Waals surface area contributed by atoms with Crippen LogP contribution in [0, 0.1) is 6.92 Å². The summed E-state index contributed by atoms with van der Waals surface area (Å²) in [5, 5.41) is 6.50. The quantitative estimate of drug-likeness (QED) is 0.733. The van der Waals surface area contributed by atoms with Crippen molar-refractivity contribution in [2.45, 2.75) is 6.92 Å². The first-order chi connectivity index (χ1) is 9.09. The molecule has 2 aromatic rings. The molecule has 0 fully saturated rings. The van der Waals surface area contributed by atoms with E-state index in [4.69, 9.17) is 0 Å². The molecule has 3 N–H and O–H groups in total. The molecule has 7 heteroatoms. The van der Waals surface area contributed by atoms with Gasteiger partial charge in [-0.2, -0.15) is 5.10 Å². The molecule has 6 nitrogen and oxygen atoms in total. The third-order valence-electron chi connectivity index (χ3n) is 2.41. The highest BCUT2D eigenvalue weighted by molar-refractivity contribution is 9.10. The van der Waals surface area contributed by atoms with Crippen molar-refractivity contribution in [3.8, 4) is 0 Å². The molecular weight excluding hydrogens is 312 g/mol. The van der Waals surface area contributed by atoms with Gasteiger partial charge in [0, 0.05) is 11.3 Å². The van der Waals surface area contributed by atoms with E-state index < -0.39 is 11.8 Å². The fraction of sp³-hybridized carbons (Fsp3) is 0.0833. The number of nitrogens with one attached hydrogen (secondary N) is 3. The monoisotopic (exact) mass is 322 g/mol. The number of carbonyl (C=O) groups is 2. The van der Waals surface area contributed by atoms with Crippen LogP contribution in [-0.2, 0) is 0 Å². The van der Waals surface area contributed by atoms with E-state index >= 15 is 0 Å². The van der Waals surface area contributed by atoms with Gasteiger partial charge in [0.25, 0.3) is 11.8 Å². The zero-order valence-corrected chi connectivity index (χ0v) is 11.6. The Balaban J connectivity index is 1.98. The molecule has 1 aromatic heterocycles. The molecule has 0 unspecified atom stereocenters. The summed E-state index contributed by atoms with van der Waals surface area (Å²) in [6.45, 7) is 1.77. The SMILES string of the molecule is Cc1[nH]nc(C(=O)NNC(=O)c2ccccc2)c1Br. The van der Waals surface area contributed by atoms with Gasteiger partial charge in [-0.05, 0) is 35.0 Å². The van der Waals surface area contributed by atoms with Gasteiger partial charge in [-0.15, -0.1) is 0 Å². The minimum atomic E-state index is -0.500. The zero-order valence-electron chi connectivity index (χ0n) is 10.0. The molecule has 0 spiro atoms. The number of nitrogens with zero attached hydrogens (tertiary/aromatic N) is 1. The number of amides is 2. The van der Waals surface area contributed by atoms with Gasteiger partial charge in [0.15, 0.2) is 5.69 Å². The maximum absolute atomic E-state index is 11.8. The van der Waals surface area contributed by atoms with Gasteiger partial charge in [-0.25, -0.2) is 0 Å². The molecule has 0 aliphatic rings. The number of carbonyl (C=O) groups excluding carboxylic acids is 2. The summed E-state index contributed by atoms with van der Waals surface area (Å²) in [6, 6.07) is 8.58. The van der Waals surface area contributed by atoms with E-state index in [0.717, 1.165) is 5.69 Å². The minimum Gasteiger partial charge on any atom is -0.281 e. The lowest BCUT2D eigenvalue weighted by Gasteiger charge is -2.05. The van der Waals surface area contributed by atoms with Gasteiger partial charge in [-0.1, -0.05) is 18.2 Å². The molecule has 1 aromatic carbocycles. The lowest BCUT2D eigenvalue weighted by atomic mass is 10.2. The lowest BCUT2D eigenvalue weighted by Crippen LogP contribution is -2.41. The van der Waals surface area contributed by atoms with Crippen molar-refractivity contribution in [1.82, 2.24) is 21.0 Å². The standard InChI is InChI=1S/C12H11BrN4O2/c1-7-9(13)10(15-14-7)12(19)17-16-11(18)8-5-3-2-4-6-8/h2-6H,1H3,(H,14,15)(H,16,18)(H,17,19). The Morgan fingerprint density at radius 3 is 2.37 bits per heavy atom. The number of aromatic nitrogens is 2. The van der Waals surface area contributed by atoms with E-state index in [1.165, 1.54) is 0 Å². The first-order valence-electron chi connectivity index (χ1n) is 5.46. The van der Waals surface area contributed by atoms with Crippen LogP contribution in [-0.4, -0.2) is 22.0 Å². The van der Waals surface area contributed by atoms with Gasteiger partial charge in [-0.3, -0.25) is 25.5 Å². The minimum absolute atomic E-state index is 0.186. The fourth-order valence-corrected chi connectivity index (χ4v) is 1.76. The largest absolute Gasteiger partial charge is 0.291 e. The lowest BCUT2D eigenvalue weighted by molar-refractivity contribution is 0.0843. The third-order valence-corrected chi connectivity index (χ3v) is 3.38. The number of halogens is 1. The number of hydrogen-bond donors (Lipinski definition) is 3. The Morgan fingerprint density at radius 1 is 1.16 bits per heavy atom. The zero-order chi connectivity index (χ0) is 13.8. The predicted octanol–water partition coefficient (Wildman–Crippen LogP) is 1.56. The van der Waals surface area contributed by atoms with Crippen molar-refractivity contribution in [2.24, 2.45) is 0 Å². The molecule has 0 saturated heterocycles. The predicted molar refractivity (Wildman–Crippen MR) is 72.4 cm³/mol. The van der Waals surface area contributed by atoms with Crippen LogP contribution in [0.3, 0.4) is 0 Å². The molecule has 2 amide bonds. The second kappa shape index (κ2) is 5.66. The average molecular weight is 323 g/mol. The normalized spacial score (nSPS) is 10.0. The van der Waals surface area contributed by atoms with Crippen molar-refractivity contribution in [3.63, 3.8) is 0 Å². The summed E-state index contributed by atoms with van der Waals surface area (Å²) in [7, 11) is 0. The van der Waals surface area contributed by atoms with Gasteiger partial charge < -0.3 is 0 Å². The van der Waals surface area contributed by atoms with Crippen molar-refractivity contribution in [3.05, 3.63) is 51.8 Å². The van der Waals surface area contributed by atoms with Crippen LogP contribution in [0.15, 0.2) is 34.8 Å². The van der Waals surface area contributed by atoms with Crippen LogP contribution in [0.1, 0.15) is 26.5 Å². The summed E-state index contributed by atoms with van der Waals surface area (Å²) in [6.07, 6.45) is 0. The van der Waals surface area contributed by atoms with Crippen LogP contribution in [0.4, 0.5) is 0 Å². The second-order valence-electron chi connectivity index (χ2n) is 3.79. The molecular formula is C12H11BrN4O2. The Bertz CT molecular complexity index is 609. The van der Waals surface area contributed by atoms with Crippen molar-refractivity contribution >= 4 is 27.7 Å². The molecule has 2 rings (SSSR count). The van der Waals surface area contributed by atoms with Crippen LogP contribution < -0.4 is 10.9 Å². The van der Waals surface area contributed by atoms with E-state index in [0.29, 0.717) is 10.0 Å². The molecule has 1 heterocycles. The van der Waals surface area contributed by atoms with Crippen LogP contribution in [0.25, 0.3) is 0 Å². The molecule has 98 valence electrons. The third kappa shape index (κ3) is 3.00. The fourth-order valence-electron chi connectivity index (χ4n) is 1.40. The van der Waals surface area contributed by atoms with Crippen molar-refractivity contribution in [1.29, 1.82) is 0 Å². The second-order valence-corrected chi connectivity index (χ2v) is 4.58. The molecule has 0 saturated carbocycles. The number of benzene rings is 1. The topological polar surface area (TPSA) is 86.9 Å². The number of hydrazine groups is 1. The Hall–Kier alpha value is -2.15. The number of aryl methyl sites for hydroxylation is 1. The maximum Gasteiger partial charge on any atom is 0.291 e. The molecule has 0 aliphatic heterocycles. The number of H-pyrrole nitrogens is 1. The van der Waals surface area contributed by atoms with Gasteiger partial charge in [0.05, 0.1) is 4.47 Å². The first-order valence-corrected chi connectivity index (χ1v) is 6.25. The average Bonchev–Trinajstić information content (AvgIpc) is 2.77. The van der Waals surface area contributed by atoms with Gasteiger partial charge in [0.2, 0.25) is 0 Å². The number of aromatic amines is 1. The summed E-state index contributed by atoms with van der Waals surface area (Å²) in [5.41, 5.74) is 6.00. The Kier molecular flexibility index (Phi) is 3.96. The van der Waals surface area contributed by atoms with Crippen molar-refractivity contribution in [2.75, 3.05) is 0 Å². The highest BCUT2D eigenvalue weighted by Crippen LogP contribution is 2.17. The summed E-state index contributed by atoms with van der Waals surface area (Å²) < 4.78 is 0.568. The Labute approximate surface area is 117 Å². The maximum atomic E-state index is 11.8. The van der Waals surface area contributed by atoms with Crippen molar-refractivity contribution < 1.29 is 9.59 Å². The molecule has 19 heavy (non-hydrogen) atoms. The van der Waals surface area contributed by atoms with E-state index in [2.05, 4.69) is 37.0 Å². The summed E-state index contributed by atoms with van der Waals surface area (Å²) >= 11 is 3.24. The summed E-state index contributed by atoms with van der Waals surface area (Å²) in [5.74, 6) is -0.891. The first kappa shape index (κ1) is 13.3. The smallest absolute Gasteiger partial charge is 0.281 e. The highest BCUT2D eigenvalue weighted by atomic mass is 79.9. The van der Waals surface area contributed by atoms with Crippen LogP contribution in [0.2, 0.25) is 0 Å². The van der Waals surface area contributed by atoms with E-state index in [1.54, 1.807) is 37.3 Å². The molecule has 0 radical (unpaired) electrons. The highest BCUT2D eigenvalue weighted by Gasteiger charge is 2.16. The molecule has 0 bridgehead atoms. The van der Waals surface area contributed by atoms with Crippen LogP contribution in [0.5, 0.6) is 0 Å². The van der Waals surface area contributed by atoms with E-state index in [1.807, 2.05) is 0 Å². The molecule has 0 atom stereocenters. The number of rotatable bonds is 2. The number of hydrogen-bond acceptors (Lipinski definition) is 3. The molecule has 0 aliphatic carbocycles. The Morgan fingerprint density at radius 2 is 1.79 bits per heavy atom. The van der Waals surface area contributed by atoms with E-state index in [9.17, 15) is 9.59 Å². The summed E-state index contributed by atoms with van der Waals surface area (Å²) in [4.78, 5) is 23.5. The van der Waals surface area contributed by atoms with E-state index in [-0.39, 0.29) is 5.69 Å². The van der Waals surface area contributed by atoms with Gasteiger partial charge in [0.1, 0.15) is 0 Å².